The minimum absolute atomic E-state index is 0.532. The number of nitrogens with zero attached hydrogens (tertiary/aromatic N) is 5. The van der Waals surface area contributed by atoms with Gasteiger partial charge in [0.15, 0.2) is 5.16 Å². The van der Waals surface area contributed by atoms with E-state index in [4.69, 9.17) is 4.52 Å². The molecule has 0 aliphatic heterocycles. The summed E-state index contributed by atoms with van der Waals surface area (Å²) in [5.74, 6) is 2.54. The van der Waals surface area contributed by atoms with Crippen molar-refractivity contribution in [3.63, 3.8) is 0 Å². The van der Waals surface area contributed by atoms with Gasteiger partial charge in [-0.15, -0.1) is 10.2 Å². The Morgan fingerprint density at radius 3 is 2.54 bits per heavy atom. The van der Waals surface area contributed by atoms with Crippen LogP contribution < -0.4 is 0 Å². The van der Waals surface area contributed by atoms with Crippen LogP contribution >= 0.6 is 11.8 Å². The lowest BCUT2D eigenvalue weighted by atomic mass is 10.1. The van der Waals surface area contributed by atoms with Gasteiger partial charge in [-0.3, -0.25) is 4.57 Å². The van der Waals surface area contributed by atoms with E-state index in [1.807, 2.05) is 73.0 Å². The Bertz CT molecular complexity index is 1030. The quantitative estimate of drug-likeness (QED) is 0.494. The zero-order chi connectivity index (χ0) is 17.9. The number of aromatic nitrogens is 5. The summed E-state index contributed by atoms with van der Waals surface area (Å²) in [6.07, 6.45) is 0. The minimum atomic E-state index is 0.532. The Morgan fingerprint density at radius 2 is 1.73 bits per heavy atom. The maximum atomic E-state index is 5.41. The Hall–Kier alpha value is -2.93. The first kappa shape index (κ1) is 16.5. The predicted molar refractivity (Wildman–Crippen MR) is 100 cm³/mol. The van der Waals surface area contributed by atoms with Gasteiger partial charge in [0.2, 0.25) is 11.7 Å². The highest BCUT2D eigenvalue weighted by molar-refractivity contribution is 7.98. The molecule has 0 saturated carbocycles. The fourth-order valence-electron chi connectivity index (χ4n) is 2.68. The highest BCUT2D eigenvalue weighted by Gasteiger charge is 2.15. The van der Waals surface area contributed by atoms with Gasteiger partial charge in [-0.05, 0) is 31.5 Å². The molecule has 0 aliphatic carbocycles. The Kier molecular flexibility index (Phi) is 4.53. The Morgan fingerprint density at radius 1 is 0.962 bits per heavy atom. The van der Waals surface area contributed by atoms with Crippen LogP contribution in [0.3, 0.4) is 0 Å². The van der Waals surface area contributed by atoms with Gasteiger partial charge in [-0.2, -0.15) is 4.98 Å². The summed E-state index contributed by atoms with van der Waals surface area (Å²) in [5, 5.41) is 13.4. The fraction of sp³-hybridized carbons (Fsp3) is 0.158. The predicted octanol–water partition coefficient (Wildman–Crippen LogP) is 4.23. The molecule has 0 aliphatic rings. The molecule has 2 aromatic heterocycles. The minimum Gasteiger partial charge on any atom is -0.338 e. The maximum Gasteiger partial charge on any atom is 0.237 e. The van der Waals surface area contributed by atoms with Crippen LogP contribution in [0.2, 0.25) is 0 Å². The van der Waals surface area contributed by atoms with Gasteiger partial charge in [0.1, 0.15) is 5.82 Å². The van der Waals surface area contributed by atoms with Gasteiger partial charge in [0, 0.05) is 11.3 Å². The lowest BCUT2D eigenvalue weighted by Gasteiger charge is -2.06. The lowest BCUT2D eigenvalue weighted by molar-refractivity contribution is 0.391. The normalized spacial score (nSPS) is 11.0. The largest absolute Gasteiger partial charge is 0.338 e. The van der Waals surface area contributed by atoms with E-state index in [-0.39, 0.29) is 0 Å². The van der Waals surface area contributed by atoms with E-state index in [9.17, 15) is 0 Å². The number of hydrogen-bond donors (Lipinski definition) is 0. The lowest BCUT2D eigenvalue weighted by Crippen LogP contribution is -1.98. The van der Waals surface area contributed by atoms with Crippen molar-refractivity contribution in [2.24, 2.45) is 0 Å². The van der Waals surface area contributed by atoms with E-state index < -0.39 is 0 Å². The van der Waals surface area contributed by atoms with Crippen LogP contribution in [0.1, 0.15) is 17.3 Å². The average Bonchev–Trinajstić information content (AvgIpc) is 3.28. The fourth-order valence-corrected chi connectivity index (χ4v) is 3.52. The number of benzene rings is 2. The molecular formula is C19H17N5OS. The Labute approximate surface area is 155 Å². The van der Waals surface area contributed by atoms with Crippen molar-refractivity contribution < 1.29 is 4.52 Å². The van der Waals surface area contributed by atoms with Crippen LogP contribution in [0.25, 0.3) is 17.1 Å². The van der Waals surface area contributed by atoms with E-state index in [1.165, 1.54) is 11.8 Å². The molecule has 0 radical (unpaired) electrons. The van der Waals surface area contributed by atoms with Gasteiger partial charge in [0.05, 0.1) is 5.75 Å². The molecule has 0 fully saturated rings. The molecule has 0 atom stereocenters. The van der Waals surface area contributed by atoms with Gasteiger partial charge in [-0.1, -0.05) is 59.4 Å². The molecule has 0 N–H and O–H groups in total. The van der Waals surface area contributed by atoms with Crippen LogP contribution in [0.5, 0.6) is 0 Å². The van der Waals surface area contributed by atoms with E-state index in [1.54, 1.807) is 0 Å². The summed E-state index contributed by atoms with van der Waals surface area (Å²) < 4.78 is 7.43. The molecule has 0 bridgehead atoms. The van der Waals surface area contributed by atoms with Crippen LogP contribution in [0.15, 0.2) is 64.3 Å². The second-order valence-electron chi connectivity index (χ2n) is 5.82. The second-order valence-corrected chi connectivity index (χ2v) is 6.76. The summed E-state index contributed by atoms with van der Waals surface area (Å²) in [4.78, 5) is 4.51. The summed E-state index contributed by atoms with van der Waals surface area (Å²) in [6.45, 7) is 3.97. The van der Waals surface area contributed by atoms with E-state index in [0.717, 1.165) is 27.8 Å². The molecule has 2 aromatic carbocycles. The molecule has 0 unspecified atom stereocenters. The number of rotatable bonds is 5. The van der Waals surface area contributed by atoms with Crippen LogP contribution in [-0.2, 0) is 5.75 Å². The number of thioether (sulfide) groups is 1. The van der Waals surface area contributed by atoms with E-state index in [2.05, 4.69) is 20.3 Å². The van der Waals surface area contributed by atoms with Gasteiger partial charge in [-0.25, -0.2) is 0 Å². The molecule has 2 heterocycles. The molecule has 130 valence electrons. The van der Waals surface area contributed by atoms with Crippen molar-refractivity contribution in [2.45, 2.75) is 24.8 Å². The van der Waals surface area contributed by atoms with Crippen LogP contribution in [0.4, 0.5) is 0 Å². The zero-order valence-corrected chi connectivity index (χ0v) is 15.3. The smallest absolute Gasteiger partial charge is 0.237 e. The molecular weight excluding hydrogens is 346 g/mol. The maximum absolute atomic E-state index is 5.41. The molecule has 4 rings (SSSR count). The molecule has 26 heavy (non-hydrogen) atoms. The average molecular weight is 363 g/mol. The third kappa shape index (κ3) is 3.25. The summed E-state index contributed by atoms with van der Waals surface area (Å²) in [5.41, 5.74) is 3.13. The van der Waals surface area contributed by atoms with Gasteiger partial charge >= 0.3 is 0 Å². The van der Waals surface area contributed by atoms with Crippen molar-refractivity contribution in [3.8, 4) is 17.1 Å². The number of para-hydroxylation sites is 1. The van der Waals surface area contributed by atoms with Crippen LogP contribution in [-0.4, -0.2) is 24.9 Å². The molecule has 0 saturated heterocycles. The first-order chi connectivity index (χ1) is 12.7. The van der Waals surface area contributed by atoms with E-state index in [0.29, 0.717) is 17.5 Å². The second kappa shape index (κ2) is 7.13. The highest BCUT2D eigenvalue weighted by atomic mass is 32.2. The first-order valence-electron chi connectivity index (χ1n) is 8.21. The van der Waals surface area contributed by atoms with Gasteiger partial charge in [0.25, 0.3) is 0 Å². The summed E-state index contributed by atoms with van der Waals surface area (Å²) >= 11 is 1.52. The van der Waals surface area contributed by atoms with Crippen molar-refractivity contribution in [1.82, 2.24) is 24.9 Å². The zero-order valence-electron chi connectivity index (χ0n) is 14.5. The SMILES string of the molecule is Cc1ccccc1-c1noc(CSc2nnc(C)n2-c2ccccc2)n1. The molecule has 6 nitrogen and oxygen atoms in total. The third-order valence-corrected chi connectivity index (χ3v) is 4.90. The van der Waals surface area contributed by atoms with Gasteiger partial charge < -0.3 is 4.52 Å². The summed E-state index contributed by atoms with van der Waals surface area (Å²) in [7, 11) is 0. The van der Waals surface area contributed by atoms with Crippen LogP contribution in [0, 0.1) is 13.8 Å². The monoisotopic (exact) mass is 363 g/mol. The Balaban J connectivity index is 1.54. The first-order valence-corrected chi connectivity index (χ1v) is 9.20. The number of aryl methyl sites for hydroxylation is 2. The number of hydrogen-bond acceptors (Lipinski definition) is 6. The summed E-state index contributed by atoms with van der Waals surface area (Å²) in [6, 6.07) is 18.0. The molecule has 0 spiro atoms. The van der Waals surface area contributed by atoms with E-state index >= 15 is 0 Å². The molecule has 7 heteroatoms. The standard InChI is InChI=1S/C19H17N5OS/c1-13-8-6-7-11-16(13)18-20-17(25-23-18)12-26-19-22-21-14(2)24(19)15-9-4-3-5-10-15/h3-11H,12H2,1-2H3. The molecule has 0 amide bonds. The third-order valence-electron chi connectivity index (χ3n) is 3.99. The topological polar surface area (TPSA) is 69.6 Å². The van der Waals surface area contributed by atoms with Crippen molar-refractivity contribution in [1.29, 1.82) is 0 Å². The highest BCUT2D eigenvalue weighted by Crippen LogP contribution is 2.26. The molecule has 4 aromatic rings. The van der Waals surface area contributed by atoms with Crippen molar-refractivity contribution in [2.75, 3.05) is 0 Å². The van der Waals surface area contributed by atoms with Crippen molar-refractivity contribution >= 4 is 11.8 Å². The van der Waals surface area contributed by atoms with Crippen molar-refractivity contribution in [3.05, 3.63) is 71.9 Å².